The Bertz CT molecular complexity index is 85.0. The molecule has 0 spiro atoms. The molecule has 3 nitrogen and oxygen atoms in total. The summed E-state index contributed by atoms with van der Waals surface area (Å²) in [6, 6.07) is 0. The molecule has 4 heteroatoms. The van der Waals surface area contributed by atoms with Crippen molar-refractivity contribution in [2.24, 2.45) is 5.73 Å². The number of carbonyl (C=O) groups excluding carboxylic acids is 1. The summed E-state index contributed by atoms with van der Waals surface area (Å²) in [5.74, 6) is 0. The van der Waals surface area contributed by atoms with Crippen LogP contribution in [0.15, 0.2) is 0 Å². The van der Waals surface area contributed by atoms with Crippen LogP contribution in [0, 0.1) is 0 Å². The van der Waals surface area contributed by atoms with E-state index < -0.39 is 0 Å². The van der Waals surface area contributed by atoms with Crippen LogP contribution in [0.25, 0.3) is 0 Å². The normalized spacial score (nSPS) is 9.67. The number of carbonyl (C=O) groups is 1. The van der Waals surface area contributed by atoms with Gasteiger partial charge in [0.05, 0.1) is 0 Å². The van der Waals surface area contributed by atoms with E-state index in [9.17, 15) is 4.79 Å². The Morgan fingerprint density at radius 2 is 2.11 bits per heavy atom. The van der Waals surface area contributed by atoms with Crippen molar-refractivity contribution < 1.29 is 4.79 Å². The van der Waals surface area contributed by atoms with Crippen LogP contribution in [0.4, 0.5) is 0 Å². The van der Waals surface area contributed by atoms with E-state index in [1.165, 1.54) is 0 Å². The molecule has 0 aromatic rings. The Kier molecular flexibility index (Phi) is 5.86. The fraction of sp³-hybridized carbons (Fsp3) is 0.800. The molecule has 0 rings (SSSR count). The van der Waals surface area contributed by atoms with Gasteiger partial charge in [-0.1, -0.05) is 0 Å². The van der Waals surface area contributed by atoms with Gasteiger partial charge in [-0.05, 0) is 13.8 Å². The lowest BCUT2D eigenvalue weighted by Crippen LogP contribution is -2.44. The minimum Gasteiger partial charge on any atom is -0.353 e. The fourth-order valence-corrected chi connectivity index (χ4v) is 0.218. The summed E-state index contributed by atoms with van der Waals surface area (Å²) >= 11 is 0. The molecule has 0 fully saturated rings. The lowest BCUT2D eigenvalue weighted by Gasteiger charge is -2.20. The molecule has 9 heavy (non-hydrogen) atoms. The van der Waals surface area contributed by atoms with E-state index in [1.807, 2.05) is 13.8 Å². The average molecular weight is 153 g/mol. The molecular weight excluding hydrogens is 140 g/mol. The summed E-state index contributed by atoms with van der Waals surface area (Å²) in [6.45, 7) is 4.19. The van der Waals surface area contributed by atoms with Crippen LogP contribution in [0.5, 0.6) is 0 Å². The third kappa shape index (κ3) is 5.59. The topological polar surface area (TPSA) is 55.1 Å². The summed E-state index contributed by atoms with van der Waals surface area (Å²) in [6.07, 6.45) is 0.660. The quantitative estimate of drug-likeness (QED) is 0.555. The van der Waals surface area contributed by atoms with E-state index >= 15 is 0 Å². The number of nitrogens with two attached hydrogens (primary N) is 1. The number of nitrogens with one attached hydrogen (secondary N) is 1. The molecule has 1 amide bonds. The van der Waals surface area contributed by atoms with E-state index in [0.717, 1.165) is 0 Å². The van der Waals surface area contributed by atoms with Gasteiger partial charge in [0, 0.05) is 12.1 Å². The van der Waals surface area contributed by atoms with Gasteiger partial charge in [-0.3, -0.25) is 4.79 Å². The third-order valence-electron chi connectivity index (χ3n) is 0.960. The highest BCUT2D eigenvalue weighted by molar-refractivity contribution is 5.85. The molecule has 0 aliphatic heterocycles. The first-order chi connectivity index (χ1) is 3.62. The number of halogens is 1. The van der Waals surface area contributed by atoms with Crippen LogP contribution in [-0.2, 0) is 4.79 Å². The second kappa shape index (κ2) is 4.58. The first kappa shape index (κ1) is 11.5. The smallest absolute Gasteiger partial charge is 0.207 e. The Morgan fingerprint density at radius 1 is 1.67 bits per heavy atom. The third-order valence-corrected chi connectivity index (χ3v) is 0.960. The van der Waals surface area contributed by atoms with E-state index in [-0.39, 0.29) is 17.9 Å². The zero-order valence-electron chi connectivity index (χ0n) is 5.68. The van der Waals surface area contributed by atoms with Crippen molar-refractivity contribution in [1.29, 1.82) is 0 Å². The second-order valence-corrected chi connectivity index (χ2v) is 2.35. The molecule has 0 saturated carbocycles. The van der Waals surface area contributed by atoms with Crippen LogP contribution in [0.2, 0.25) is 0 Å². The predicted octanol–water partition coefficient (Wildman–Crippen LogP) is -0.109. The van der Waals surface area contributed by atoms with Gasteiger partial charge in [0.25, 0.3) is 0 Å². The van der Waals surface area contributed by atoms with Crippen LogP contribution in [0.3, 0.4) is 0 Å². The van der Waals surface area contributed by atoms with Crippen molar-refractivity contribution in [2.45, 2.75) is 19.4 Å². The minimum atomic E-state index is -0.248. The molecule has 0 radical (unpaired) electrons. The molecule has 0 aliphatic carbocycles. The summed E-state index contributed by atoms with van der Waals surface area (Å²) in [5, 5.41) is 2.57. The zero-order chi connectivity index (χ0) is 6.62. The van der Waals surface area contributed by atoms with Gasteiger partial charge in [0.1, 0.15) is 0 Å². The maximum atomic E-state index is 9.81. The minimum absolute atomic E-state index is 0. The van der Waals surface area contributed by atoms with Crippen LogP contribution >= 0.6 is 12.4 Å². The molecule has 3 N–H and O–H groups in total. The maximum absolute atomic E-state index is 9.81. The number of rotatable bonds is 3. The number of amides is 1. The molecule has 0 aromatic carbocycles. The highest BCUT2D eigenvalue weighted by Gasteiger charge is 2.11. The van der Waals surface area contributed by atoms with E-state index in [4.69, 9.17) is 5.73 Å². The van der Waals surface area contributed by atoms with Gasteiger partial charge >= 0.3 is 0 Å². The van der Waals surface area contributed by atoms with Crippen molar-refractivity contribution in [1.82, 2.24) is 5.32 Å². The molecule has 0 saturated heterocycles. The van der Waals surface area contributed by atoms with E-state index in [0.29, 0.717) is 13.0 Å². The second-order valence-electron chi connectivity index (χ2n) is 2.35. The van der Waals surface area contributed by atoms with Crippen molar-refractivity contribution in [3.63, 3.8) is 0 Å². The SMILES string of the molecule is CC(C)(CN)NC=O.Cl. The van der Waals surface area contributed by atoms with Gasteiger partial charge in [-0.15, -0.1) is 12.4 Å². The Morgan fingerprint density at radius 3 is 2.22 bits per heavy atom. The molecule has 0 heterocycles. The first-order valence-electron chi connectivity index (χ1n) is 2.54. The van der Waals surface area contributed by atoms with Crippen LogP contribution < -0.4 is 11.1 Å². The number of hydrogen-bond acceptors (Lipinski definition) is 2. The predicted molar refractivity (Wildman–Crippen MR) is 39.6 cm³/mol. The summed E-state index contributed by atoms with van der Waals surface area (Å²) in [5.41, 5.74) is 5.02. The fourth-order valence-electron chi connectivity index (χ4n) is 0.218. The molecule has 0 unspecified atom stereocenters. The lowest BCUT2D eigenvalue weighted by atomic mass is 10.1. The standard InChI is InChI=1S/C5H12N2O.ClH/c1-5(2,3-6)7-4-8;/h4H,3,6H2,1-2H3,(H,7,8);1H. The van der Waals surface area contributed by atoms with Gasteiger partial charge in [0.2, 0.25) is 6.41 Å². The zero-order valence-corrected chi connectivity index (χ0v) is 6.49. The monoisotopic (exact) mass is 152 g/mol. The largest absolute Gasteiger partial charge is 0.353 e. The van der Waals surface area contributed by atoms with Gasteiger partial charge < -0.3 is 11.1 Å². The van der Waals surface area contributed by atoms with Crippen molar-refractivity contribution in [2.75, 3.05) is 6.54 Å². The first-order valence-corrected chi connectivity index (χ1v) is 2.54. The van der Waals surface area contributed by atoms with Crippen molar-refractivity contribution in [3.05, 3.63) is 0 Å². The van der Waals surface area contributed by atoms with Crippen molar-refractivity contribution in [3.8, 4) is 0 Å². The van der Waals surface area contributed by atoms with Crippen LogP contribution in [-0.4, -0.2) is 18.5 Å². The Labute approximate surface area is 61.4 Å². The number of hydrogen-bond donors (Lipinski definition) is 2. The summed E-state index contributed by atoms with van der Waals surface area (Å²) in [4.78, 5) is 9.81. The van der Waals surface area contributed by atoms with Gasteiger partial charge in [0.15, 0.2) is 0 Å². The van der Waals surface area contributed by atoms with Gasteiger partial charge in [-0.2, -0.15) is 0 Å². The maximum Gasteiger partial charge on any atom is 0.207 e. The highest BCUT2D eigenvalue weighted by atomic mass is 35.5. The Balaban J connectivity index is 0. The molecular formula is C5H13ClN2O. The molecule has 0 aromatic heterocycles. The molecule has 0 bridgehead atoms. The average Bonchev–Trinajstić information content (AvgIpc) is 1.67. The molecule has 56 valence electrons. The Hall–Kier alpha value is -0.280. The van der Waals surface area contributed by atoms with E-state index in [1.54, 1.807) is 0 Å². The molecule has 0 aliphatic rings. The summed E-state index contributed by atoms with van der Waals surface area (Å²) in [7, 11) is 0. The van der Waals surface area contributed by atoms with Crippen LogP contribution in [0.1, 0.15) is 13.8 Å². The lowest BCUT2D eigenvalue weighted by molar-refractivity contribution is -0.110. The van der Waals surface area contributed by atoms with E-state index in [2.05, 4.69) is 5.32 Å². The highest BCUT2D eigenvalue weighted by Crippen LogP contribution is 1.94. The van der Waals surface area contributed by atoms with Crippen molar-refractivity contribution >= 4 is 18.8 Å². The summed E-state index contributed by atoms with van der Waals surface area (Å²) < 4.78 is 0. The van der Waals surface area contributed by atoms with Gasteiger partial charge in [-0.25, -0.2) is 0 Å². The molecule has 0 atom stereocenters.